The fraction of sp³-hybridized carbons (Fsp3) is 1.00. The second-order valence-corrected chi connectivity index (χ2v) is 8.46. The van der Waals surface area contributed by atoms with Crippen LogP contribution in [0.5, 0.6) is 0 Å². The van der Waals surface area contributed by atoms with E-state index in [9.17, 15) is 0 Å². The van der Waals surface area contributed by atoms with Crippen LogP contribution in [0.25, 0.3) is 0 Å². The fourth-order valence-corrected chi connectivity index (χ4v) is 5.74. The first-order valence-corrected chi connectivity index (χ1v) is 9.53. The monoisotopic (exact) mass is 283 g/mol. The lowest BCUT2D eigenvalue weighted by molar-refractivity contribution is 0.247. The van der Waals surface area contributed by atoms with Crippen LogP contribution >= 0.6 is 11.8 Å². The molecule has 2 fully saturated rings. The van der Waals surface area contributed by atoms with Crippen molar-refractivity contribution in [2.75, 3.05) is 6.54 Å². The van der Waals surface area contributed by atoms with Crippen molar-refractivity contribution in [1.29, 1.82) is 0 Å². The van der Waals surface area contributed by atoms with Gasteiger partial charge in [-0.15, -0.1) is 0 Å². The van der Waals surface area contributed by atoms with Crippen LogP contribution in [-0.2, 0) is 0 Å². The molecule has 0 bridgehead atoms. The van der Waals surface area contributed by atoms with Crippen LogP contribution in [0.3, 0.4) is 0 Å². The average molecular weight is 284 g/mol. The minimum Gasteiger partial charge on any atom is -0.313 e. The molecule has 2 aliphatic carbocycles. The van der Waals surface area contributed by atoms with Crippen molar-refractivity contribution >= 4 is 11.8 Å². The molecule has 3 atom stereocenters. The van der Waals surface area contributed by atoms with Gasteiger partial charge in [-0.05, 0) is 50.5 Å². The Hall–Kier alpha value is 0.310. The number of nitrogens with one attached hydrogen (secondary N) is 1. The van der Waals surface area contributed by atoms with Gasteiger partial charge in [-0.25, -0.2) is 0 Å². The topological polar surface area (TPSA) is 12.0 Å². The summed E-state index contributed by atoms with van der Waals surface area (Å²) in [5.74, 6) is 1.84. The smallest absolute Gasteiger partial charge is 0.0206 e. The highest BCUT2D eigenvalue weighted by Gasteiger charge is 2.33. The molecule has 0 aromatic heterocycles. The molecule has 0 saturated heterocycles. The quantitative estimate of drug-likeness (QED) is 0.773. The predicted octanol–water partition coefficient (Wildman–Crippen LogP) is 4.86. The van der Waals surface area contributed by atoms with Crippen molar-refractivity contribution in [3.8, 4) is 0 Å². The van der Waals surface area contributed by atoms with Gasteiger partial charge in [0, 0.05) is 16.5 Å². The van der Waals surface area contributed by atoms with E-state index >= 15 is 0 Å². The maximum atomic E-state index is 3.76. The maximum absolute atomic E-state index is 3.76. The second kappa shape index (κ2) is 7.93. The molecular formula is C17H33NS. The van der Waals surface area contributed by atoms with Gasteiger partial charge in [0.05, 0.1) is 0 Å². The molecule has 2 rings (SSSR count). The van der Waals surface area contributed by atoms with Crippen LogP contribution in [0.2, 0.25) is 0 Å². The maximum Gasteiger partial charge on any atom is 0.0206 e. The number of hydrogen-bond donors (Lipinski definition) is 1. The largest absolute Gasteiger partial charge is 0.313 e. The zero-order chi connectivity index (χ0) is 13.7. The molecule has 0 aromatic rings. The Bertz CT molecular complexity index is 248. The zero-order valence-electron chi connectivity index (χ0n) is 13.2. The standard InChI is InChI=1S/C17H33NS/c1-4-18-16-11-10-14(13(2)3)12-17(16)19-15-8-6-5-7-9-15/h13-18H,4-12H2,1-3H3. The summed E-state index contributed by atoms with van der Waals surface area (Å²) in [5.41, 5.74) is 0. The van der Waals surface area contributed by atoms with Crippen molar-refractivity contribution < 1.29 is 0 Å². The van der Waals surface area contributed by atoms with Crippen molar-refractivity contribution in [1.82, 2.24) is 5.32 Å². The second-order valence-electron chi connectivity index (χ2n) is 6.92. The molecule has 0 spiro atoms. The van der Waals surface area contributed by atoms with Gasteiger partial charge in [0.2, 0.25) is 0 Å². The molecule has 0 heterocycles. The summed E-state index contributed by atoms with van der Waals surface area (Å²) in [6.45, 7) is 8.23. The lowest BCUT2D eigenvalue weighted by Crippen LogP contribution is -2.44. The molecular weight excluding hydrogens is 250 g/mol. The van der Waals surface area contributed by atoms with Gasteiger partial charge in [0.1, 0.15) is 0 Å². The molecule has 0 aliphatic heterocycles. The summed E-state index contributed by atoms with van der Waals surface area (Å²) in [5, 5.41) is 5.61. The van der Waals surface area contributed by atoms with Crippen LogP contribution in [-0.4, -0.2) is 23.1 Å². The van der Waals surface area contributed by atoms with Crippen LogP contribution in [0, 0.1) is 11.8 Å². The average Bonchev–Trinajstić information content (AvgIpc) is 2.42. The highest BCUT2D eigenvalue weighted by atomic mass is 32.2. The van der Waals surface area contributed by atoms with E-state index in [-0.39, 0.29) is 0 Å². The summed E-state index contributed by atoms with van der Waals surface area (Å²) in [7, 11) is 0. The van der Waals surface area contributed by atoms with Crippen molar-refractivity contribution in [2.45, 2.75) is 88.7 Å². The highest BCUT2D eigenvalue weighted by Crippen LogP contribution is 2.40. The van der Waals surface area contributed by atoms with E-state index in [1.165, 1.54) is 51.4 Å². The Morgan fingerprint density at radius 1 is 1.05 bits per heavy atom. The van der Waals surface area contributed by atoms with E-state index in [1.807, 2.05) is 0 Å². The Morgan fingerprint density at radius 2 is 1.79 bits per heavy atom. The molecule has 112 valence electrons. The number of rotatable bonds is 5. The van der Waals surface area contributed by atoms with E-state index in [1.54, 1.807) is 0 Å². The molecule has 1 nitrogen and oxygen atoms in total. The number of hydrogen-bond acceptors (Lipinski definition) is 2. The van der Waals surface area contributed by atoms with E-state index < -0.39 is 0 Å². The van der Waals surface area contributed by atoms with Crippen molar-refractivity contribution in [3.05, 3.63) is 0 Å². The third-order valence-electron chi connectivity index (χ3n) is 5.16. The zero-order valence-corrected chi connectivity index (χ0v) is 14.0. The molecule has 1 N–H and O–H groups in total. The van der Waals surface area contributed by atoms with Gasteiger partial charge in [-0.1, -0.05) is 40.0 Å². The Kier molecular flexibility index (Phi) is 6.55. The highest BCUT2D eigenvalue weighted by molar-refractivity contribution is 8.00. The van der Waals surface area contributed by atoms with Gasteiger partial charge in [-0.3, -0.25) is 0 Å². The SMILES string of the molecule is CCNC1CCC(C(C)C)CC1SC1CCCCC1. The first-order valence-electron chi connectivity index (χ1n) is 8.59. The fourth-order valence-electron chi connectivity index (χ4n) is 3.86. The van der Waals surface area contributed by atoms with Gasteiger partial charge in [-0.2, -0.15) is 11.8 Å². The van der Waals surface area contributed by atoms with Crippen molar-refractivity contribution in [2.24, 2.45) is 11.8 Å². The molecule has 0 radical (unpaired) electrons. The van der Waals surface area contributed by atoms with Gasteiger partial charge >= 0.3 is 0 Å². The Labute approximate surface area is 124 Å². The minimum absolute atomic E-state index is 0.784. The third-order valence-corrected chi connectivity index (χ3v) is 6.89. The van der Waals surface area contributed by atoms with E-state index in [4.69, 9.17) is 0 Å². The van der Waals surface area contributed by atoms with Crippen LogP contribution in [0.4, 0.5) is 0 Å². The van der Waals surface area contributed by atoms with Crippen LogP contribution in [0.1, 0.15) is 72.1 Å². The van der Waals surface area contributed by atoms with E-state index in [0.29, 0.717) is 0 Å². The summed E-state index contributed by atoms with van der Waals surface area (Å²) < 4.78 is 0. The number of thioether (sulfide) groups is 1. The third kappa shape index (κ3) is 4.67. The lowest BCUT2D eigenvalue weighted by Gasteiger charge is -2.40. The molecule has 0 aromatic carbocycles. The normalized spacial score (nSPS) is 33.8. The summed E-state index contributed by atoms with van der Waals surface area (Å²) in [6.07, 6.45) is 11.7. The van der Waals surface area contributed by atoms with Crippen LogP contribution in [0.15, 0.2) is 0 Å². The molecule has 19 heavy (non-hydrogen) atoms. The predicted molar refractivity (Wildman–Crippen MR) is 87.9 cm³/mol. The molecule has 2 aliphatic rings. The van der Waals surface area contributed by atoms with Crippen LogP contribution < -0.4 is 5.32 Å². The van der Waals surface area contributed by atoms with E-state index in [2.05, 4.69) is 37.8 Å². The first kappa shape index (κ1) is 15.7. The molecule has 2 heteroatoms. The van der Waals surface area contributed by atoms with E-state index in [0.717, 1.165) is 34.9 Å². The molecule has 0 amide bonds. The summed E-state index contributed by atoms with van der Waals surface area (Å²) in [4.78, 5) is 0. The van der Waals surface area contributed by atoms with Gasteiger partial charge in [0.25, 0.3) is 0 Å². The summed E-state index contributed by atoms with van der Waals surface area (Å²) in [6, 6.07) is 0.784. The lowest BCUT2D eigenvalue weighted by atomic mass is 9.79. The Balaban J connectivity index is 1.90. The summed E-state index contributed by atoms with van der Waals surface area (Å²) >= 11 is 2.35. The molecule has 3 unspecified atom stereocenters. The minimum atomic E-state index is 0.784. The van der Waals surface area contributed by atoms with Gasteiger partial charge in [0.15, 0.2) is 0 Å². The van der Waals surface area contributed by atoms with Crippen molar-refractivity contribution in [3.63, 3.8) is 0 Å². The Morgan fingerprint density at radius 3 is 2.42 bits per heavy atom. The molecule has 2 saturated carbocycles. The first-order chi connectivity index (χ1) is 9.20. The van der Waals surface area contributed by atoms with Gasteiger partial charge < -0.3 is 5.32 Å².